The van der Waals surface area contributed by atoms with Crippen molar-refractivity contribution in [2.45, 2.75) is 20.0 Å². The lowest BCUT2D eigenvalue weighted by Crippen LogP contribution is -2.32. The number of amides is 1. The van der Waals surface area contributed by atoms with Crippen molar-refractivity contribution >= 4 is 28.1 Å². The van der Waals surface area contributed by atoms with Crippen LogP contribution in [0, 0.1) is 12.7 Å². The van der Waals surface area contributed by atoms with E-state index in [1.54, 1.807) is 0 Å². The highest BCUT2D eigenvalue weighted by Gasteiger charge is 2.09. The van der Waals surface area contributed by atoms with Crippen molar-refractivity contribution in [3.8, 4) is 0 Å². The largest absolute Gasteiger partial charge is 0.348 e. The number of carbonyl (C=O) groups is 1. The molecule has 0 unspecified atom stereocenters. The molecule has 0 saturated heterocycles. The molecular weight excluding hydrogens is 319 g/mol. The van der Waals surface area contributed by atoms with Crippen molar-refractivity contribution in [1.29, 1.82) is 0 Å². The molecule has 118 valence electrons. The molecule has 0 atom stereocenters. The van der Waals surface area contributed by atoms with Gasteiger partial charge in [-0.1, -0.05) is 0 Å². The molecule has 1 amide bonds. The first kappa shape index (κ1) is 15.3. The quantitative estimate of drug-likeness (QED) is 0.787. The van der Waals surface area contributed by atoms with Crippen molar-refractivity contribution in [1.82, 2.24) is 19.9 Å². The maximum atomic E-state index is 13.3. The molecule has 0 aliphatic rings. The van der Waals surface area contributed by atoms with Gasteiger partial charge in [-0.05, 0) is 25.1 Å². The summed E-state index contributed by atoms with van der Waals surface area (Å²) >= 11 is 1.46. The van der Waals surface area contributed by atoms with Crippen LogP contribution in [-0.2, 0) is 17.9 Å². The minimum atomic E-state index is -0.516. The number of aryl methyl sites for hydroxylation is 1. The first-order valence-electron chi connectivity index (χ1n) is 6.85. The van der Waals surface area contributed by atoms with Crippen LogP contribution in [0.2, 0.25) is 0 Å². The van der Waals surface area contributed by atoms with E-state index in [1.165, 1.54) is 29.8 Å². The summed E-state index contributed by atoms with van der Waals surface area (Å²) in [5, 5.41) is 5.53. The molecule has 23 heavy (non-hydrogen) atoms. The number of thiazole rings is 1. The van der Waals surface area contributed by atoms with E-state index in [-0.39, 0.29) is 17.8 Å². The molecule has 0 saturated carbocycles. The van der Waals surface area contributed by atoms with Crippen LogP contribution in [0.15, 0.2) is 34.7 Å². The van der Waals surface area contributed by atoms with Crippen LogP contribution in [0.1, 0.15) is 10.7 Å². The van der Waals surface area contributed by atoms with Gasteiger partial charge < -0.3 is 5.32 Å². The van der Waals surface area contributed by atoms with Gasteiger partial charge in [0, 0.05) is 11.1 Å². The average Bonchev–Trinajstić information content (AvgIpc) is 2.94. The SMILES string of the molecule is Cc1csc(CNC(=O)Cn2cnc3ccc(F)cc3c2=O)n1. The van der Waals surface area contributed by atoms with Crippen LogP contribution >= 0.6 is 11.3 Å². The molecule has 0 fully saturated rings. The zero-order valence-electron chi connectivity index (χ0n) is 12.2. The highest BCUT2D eigenvalue weighted by Crippen LogP contribution is 2.09. The van der Waals surface area contributed by atoms with E-state index in [2.05, 4.69) is 15.3 Å². The Balaban J connectivity index is 1.74. The Kier molecular flexibility index (Phi) is 4.16. The summed E-state index contributed by atoms with van der Waals surface area (Å²) < 4.78 is 14.4. The monoisotopic (exact) mass is 332 g/mol. The maximum Gasteiger partial charge on any atom is 0.261 e. The van der Waals surface area contributed by atoms with E-state index in [4.69, 9.17) is 0 Å². The molecule has 3 aromatic rings. The van der Waals surface area contributed by atoms with Crippen LogP contribution in [0.25, 0.3) is 10.9 Å². The van der Waals surface area contributed by atoms with Gasteiger partial charge in [-0.3, -0.25) is 14.2 Å². The number of halogens is 1. The van der Waals surface area contributed by atoms with E-state index in [0.717, 1.165) is 21.3 Å². The van der Waals surface area contributed by atoms with Crippen LogP contribution < -0.4 is 10.9 Å². The molecule has 2 heterocycles. The molecule has 8 heteroatoms. The van der Waals surface area contributed by atoms with Crippen LogP contribution in [0.3, 0.4) is 0 Å². The summed E-state index contributed by atoms with van der Waals surface area (Å²) in [5.74, 6) is -0.852. The van der Waals surface area contributed by atoms with Crippen LogP contribution in [0.5, 0.6) is 0 Å². The Hall–Kier alpha value is -2.61. The molecule has 6 nitrogen and oxygen atoms in total. The Bertz CT molecular complexity index is 935. The number of fused-ring (bicyclic) bond motifs is 1. The van der Waals surface area contributed by atoms with Gasteiger partial charge in [0.1, 0.15) is 17.4 Å². The summed E-state index contributed by atoms with van der Waals surface area (Å²) in [5.41, 5.74) is 0.845. The number of nitrogens with zero attached hydrogens (tertiary/aromatic N) is 3. The summed E-state index contributed by atoms with van der Waals surface area (Å²) in [4.78, 5) is 32.5. The molecule has 0 aliphatic heterocycles. The zero-order chi connectivity index (χ0) is 16.4. The van der Waals surface area contributed by atoms with Crippen LogP contribution in [-0.4, -0.2) is 20.4 Å². The van der Waals surface area contributed by atoms with Gasteiger partial charge in [-0.15, -0.1) is 11.3 Å². The van der Waals surface area contributed by atoms with Gasteiger partial charge in [0.05, 0.1) is 23.8 Å². The smallest absolute Gasteiger partial charge is 0.261 e. The Morgan fingerprint density at radius 3 is 3.00 bits per heavy atom. The lowest BCUT2D eigenvalue weighted by molar-refractivity contribution is -0.121. The zero-order valence-corrected chi connectivity index (χ0v) is 13.1. The van der Waals surface area contributed by atoms with Gasteiger partial charge in [0.25, 0.3) is 5.56 Å². The van der Waals surface area contributed by atoms with Crippen molar-refractivity contribution < 1.29 is 9.18 Å². The standard InChI is InChI=1S/C15H13FN4O2S/c1-9-7-23-14(19-9)5-17-13(21)6-20-8-18-12-3-2-10(16)4-11(12)15(20)22/h2-4,7-8H,5-6H2,1H3,(H,17,21). The van der Waals surface area contributed by atoms with Gasteiger partial charge in [-0.2, -0.15) is 0 Å². The minimum absolute atomic E-state index is 0.149. The van der Waals surface area contributed by atoms with Gasteiger partial charge in [-0.25, -0.2) is 14.4 Å². The molecule has 1 N–H and O–H groups in total. The topological polar surface area (TPSA) is 76.9 Å². The third-order valence-corrected chi connectivity index (χ3v) is 4.17. The lowest BCUT2D eigenvalue weighted by Gasteiger charge is -2.07. The predicted octanol–water partition coefficient (Wildman–Crippen LogP) is 1.62. The van der Waals surface area contributed by atoms with E-state index < -0.39 is 11.4 Å². The Morgan fingerprint density at radius 2 is 2.26 bits per heavy atom. The van der Waals surface area contributed by atoms with E-state index in [1.807, 2.05) is 12.3 Å². The number of rotatable bonds is 4. The minimum Gasteiger partial charge on any atom is -0.348 e. The summed E-state index contributed by atoms with van der Waals surface area (Å²) in [6, 6.07) is 3.79. The highest BCUT2D eigenvalue weighted by atomic mass is 32.1. The summed E-state index contributed by atoms with van der Waals surface area (Å²) in [7, 11) is 0. The normalized spacial score (nSPS) is 10.9. The Morgan fingerprint density at radius 1 is 1.43 bits per heavy atom. The fraction of sp³-hybridized carbons (Fsp3) is 0.200. The Labute approximate surface area is 134 Å². The second-order valence-corrected chi connectivity index (χ2v) is 5.94. The maximum absolute atomic E-state index is 13.3. The molecule has 0 spiro atoms. The van der Waals surface area contributed by atoms with E-state index in [0.29, 0.717) is 12.1 Å². The van der Waals surface area contributed by atoms with Gasteiger partial charge in [0.2, 0.25) is 5.91 Å². The molecule has 1 aromatic carbocycles. The third kappa shape index (κ3) is 3.42. The number of aromatic nitrogens is 3. The summed E-state index contributed by atoms with van der Waals surface area (Å²) in [6.07, 6.45) is 1.29. The first-order chi connectivity index (χ1) is 11.0. The number of hydrogen-bond donors (Lipinski definition) is 1. The number of carbonyl (C=O) groups excluding carboxylic acids is 1. The van der Waals surface area contributed by atoms with E-state index >= 15 is 0 Å². The van der Waals surface area contributed by atoms with Crippen molar-refractivity contribution in [2.24, 2.45) is 0 Å². The number of hydrogen-bond acceptors (Lipinski definition) is 5. The molecular formula is C15H13FN4O2S. The second-order valence-electron chi connectivity index (χ2n) is 5.00. The molecule has 2 aromatic heterocycles. The molecule has 3 rings (SSSR count). The fourth-order valence-corrected chi connectivity index (χ4v) is 2.82. The van der Waals surface area contributed by atoms with Crippen molar-refractivity contribution in [2.75, 3.05) is 0 Å². The average molecular weight is 332 g/mol. The van der Waals surface area contributed by atoms with Gasteiger partial charge in [0.15, 0.2) is 0 Å². The predicted molar refractivity (Wildman–Crippen MR) is 84.7 cm³/mol. The van der Waals surface area contributed by atoms with Gasteiger partial charge >= 0.3 is 0 Å². The fourth-order valence-electron chi connectivity index (χ4n) is 2.11. The number of benzene rings is 1. The first-order valence-corrected chi connectivity index (χ1v) is 7.73. The lowest BCUT2D eigenvalue weighted by atomic mass is 10.2. The number of nitrogens with one attached hydrogen (secondary N) is 1. The molecule has 0 radical (unpaired) electrons. The van der Waals surface area contributed by atoms with Crippen molar-refractivity contribution in [3.05, 3.63) is 56.8 Å². The van der Waals surface area contributed by atoms with Crippen LogP contribution in [0.4, 0.5) is 4.39 Å². The third-order valence-electron chi connectivity index (χ3n) is 3.20. The second kappa shape index (κ2) is 6.25. The van der Waals surface area contributed by atoms with Crippen molar-refractivity contribution in [3.63, 3.8) is 0 Å². The highest BCUT2D eigenvalue weighted by molar-refractivity contribution is 7.09. The molecule has 0 aliphatic carbocycles. The molecule has 0 bridgehead atoms. The summed E-state index contributed by atoms with van der Waals surface area (Å²) in [6.45, 7) is 2.01. The van der Waals surface area contributed by atoms with E-state index in [9.17, 15) is 14.0 Å².